The summed E-state index contributed by atoms with van der Waals surface area (Å²) in [4.78, 5) is 11.8. The first-order chi connectivity index (χ1) is 8.98. The van der Waals surface area contributed by atoms with Gasteiger partial charge in [0.05, 0.1) is 5.75 Å². The highest BCUT2D eigenvalue weighted by Crippen LogP contribution is 2.07. The Labute approximate surface area is 118 Å². The van der Waals surface area contributed by atoms with Gasteiger partial charge >= 0.3 is 0 Å². The van der Waals surface area contributed by atoms with Crippen LogP contribution in [0.3, 0.4) is 0 Å². The maximum absolute atomic E-state index is 11.8. The average Bonchev–Trinajstić information content (AvgIpc) is 2.38. The quantitative estimate of drug-likeness (QED) is 0.741. The number of sulfonamides is 1. The van der Waals surface area contributed by atoms with Crippen molar-refractivity contribution in [2.75, 3.05) is 18.8 Å². The number of rotatable bonds is 7. The molecule has 7 heteroatoms. The highest BCUT2D eigenvalue weighted by Gasteiger charge is 2.10. The van der Waals surface area contributed by atoms with Crippen LogP contribution in [-0.4, -0.2) is 33.2 Å². The molecule has 2 N–H and O–H groups in total. The zero-order valence-corrected chi connectivity index (χ0v) is 12.2. The SMILES string of the molecule is CCNS(=O)(=O)CCNC(=O)c1cccc(CCl)c1. The Hall–Kier alpha value is -1.11. The van der Waals surface area contributed by atoms with Crippen LogP contribution in [0.2, 0.25) is 0 Å². The molecule has 1 aromatic carbocycles. The van der Waals surface area contributed by atoms with E-state index in [0.717, 1.165) is 5.56 Å². The number of alkyl halides is 1. The summed E-state index contributed by atoms with van der Waals surface area (Å²) in [7, 11) is -3.31. The van der Waals surface area contributed by atoms with Crippen molar-refractivity contribution in [2.45, 2.75) is 12.8 Å². The lowest BCUT2D eigenvalue weighted by atomic mass is 10.1. The molecule has 1 rings (SSSR count). The molecular weight excluding hydrogens is 288 g/mol. The van der Waals surface area contributed by atoms with Gasteiger partial charge in [-0.05, 0) is 17.7 Å². The van der Waals surface area contributed by atoms with Gasteiger partial charge in [-0.3, -0.25) is 4.79 Å². The number of nitrogens with one attached hydrogen (secondary N) is 2. The molecule has 5 nitrogen and oxygen atoms in total. The fraction of sp³-hybridized carbons (Fsp3) is 0.417. The second-order valence-electron chi connectivity index (χ2n) is 3.91. The topological polar surface area (TPSA) is 75.3 Å². The Kier molecular flexibility index (Phi) is 6.27. The van der Waals surface area contributed by atoms with Crippen LogP contribution in [0.1, 0.15) is 22.8 Å². The molecule has 0 saturated heterocycles. The molecule has 0 bridgehead atoms. The third-order valence-electron chi connectivity index (χ3n) is 2.36. The molecule has 0 heterocycles. The predicted octanol–water partition coefficient (Wildman–Crippen LogP) is 1.09. The Morgan fingerprint density at radius 2 is 2.11 bits per heavy atom. The molecule has 0 unspecified atom stereocenters. The lowest BCUT2D eigenvalue weighted by Crippen LogP contribution is -2.34. The van der Waals surface area contributed by atoms with Gasteiger partial charge in [-0.1, -0.05) is 19.1 Å². The Morgan fingerprint density at radius 1 is 1.37 bits per heavy atom. The van der Waals surface area contributed by atoms with Crippen molar-refractivity contribution in [2.24, 2.45) is 0 Å². The van der Waals surface area contributed by atoms with E-state index in [9.17, 15) is 13.2 Å². The fourth-order valence-corrected chi connectivity index (χ4v) is 2.61. The highest BCUT2D eigenvalue weighted by atomic mass is 35.5. The standard InChI is InChI=1S/C12H17ClN2O3S/c1-2-15-19(17,18)7-6-14-12(16)11-5-3-4-10(8-11)9-13/h3-5,8,15H,2,6-7,9H2,1H3,(H,14,16). The van der Waals surface area contributed by atoms with E-state index in [4.69, 9.17) is 11.6 Å². The largest absolute Gasteiger partial charge is 0.351 e. The van der Waals surface area contributed by atoms with Crippen LogP contribution in [0.25, 0.3) is 0 Å². The Morgan fingerprint density at radius 3 is 2.74 bits per heavy atom. The number of benzene rings is 1. The first-order valence-electron chi connectivity index (χ1n) is 5.89. The molecule has 0 radical (unpaired) electrons. The minimum atomic E-state index is -3.31. The van der Waals surface area contributed by atoms with E-state index in [-0.39, 0.29) is 18.2 Å². The summed E-state index contributed by atoms with van der Waals surface area (Å²) < 4.78 is 25.1. The summed E-state index contributed by atoms with van der Waals surface area (Å²) in [6, 6.07) is 6.90. The molecule has 0 saturated carbocycles. The van der Waals surface area contributed by atoms with Crippen LogP contribution in [0.4, 0.5) is 0 Å². The van der Waals surface area contributed by atoms with E-state index in [1.807, 2.05) is 6.07 Å². The zero-order valence-electron chi connectivity index (χ0n) is 10.6. The lowest BCUT2D eigenvalue weighted by molar-refractivity contribution is 0.0956. The normalized spacial score (nSPS) is 11.3. The molecule has 0 atom stereocenters. The number of carbonyl (C=O) groups is 1. The van der Waals surface area contributed by atoms with Crippen LogP contribution in [0.5, 0.6) is 0 Å². The van der Waals surface area contributed by atoms with E-state index in [0.29, 0.717) is 18.0 Å². The Bertz CT molecular complexity index is 532. The average molecular weight is 305 g/mol. The number of hydrogen-bond donors (Lipinski definition) is 2. The van der Waals surface area contributed by atoms with Crippen molar-refractivity contribution in [1.29, 1.82) is 0 Å². The van der Waals surface area contributed by atoms with Crippen molar-refractivity contribution in [1.82, 2.24) is 10.0 Å². The molecule has 19 heavy (non-hydrogen) atoms. The zero-order chi connectivity index (χ0) is 14.3. The molecule has 0 aliphatic carbocycles. The molecule has 1 aromatic rings. The third kappa shape index (κ3) is 5.59. The van der Waals surface area contributed by atoms with Gasteiger partial charge in [-0.2, -0.15) is 0 Å². The molecule has 0 fully saturated rings. The maximum Gasteiger partial charge on any atom is 0.251 e. The van der Waals surface area contributed by atoms with Gasteiger partial charge in [0, 0.05) is 24.5 Å². The monoisotopic (exact) mass is 304 g/mol. The van der Waals surface area contributed by atoms with E-state index in [1.54, 1.807) is 25.1 Å². The van der Waals surface area contributed by atoms with E-state index in [1.165, 1.54) is 0 Å². The third-order valence-corrected chi connectivity index (χ3v) is 4.14. The van der Waals surface area contributed by atoms with Gasteiger partial charge in [-0.15, -0.1) is 11.6 Å². The Balaban J connectivity index is 2.52. The minimum Gasteiger partial charge on any atom is -0.351 e. The molecule has 1 amide bonds. The van der Waals surface area contributed by atoms with Crippen molar-refractivity contribution >= 4 is 27.5 Å². The van der Waals surface area contributed by atoms with Gasteiger partial charge in [0.1, 0.15) is 0 Å². The first kappa shape index (κ1) is 15.9. The van der Waals surface area contributed by atoms with E-state index in [2.05, 4.69) is 10.0 Å². The van der Waals surface area contributed by atoms with Gasteiger partial charge < -0.3 is 5.32 Å². The van der Waals surface area contributed by atoms with Crippen LogP contribution in [0, 0.1) is 0 Å². The van der Waals surface area contributed by atoms with Gasteiger partial charge in [0.2, 0.25) is 10.0 Å². The second kappa shape index (κ2) is 7.47. The van der Waals surface area contributed by atoms with Crippen molar-refractivity contribution in [3.05, 3.63) is 35.4 Å². The number of amides is 1. The number of carbonyl (C=O) groups excluding carboxylic acids is 1. The van der Waals surface area contributed by atoms with Gasteiger partial charge in [0.15, 0.2) is 0 Å². The van der Waals surface area contributed by atoms with Crippen LogP contribution < -0.4 is 10.0 Å². The van der Waals surface area contributed by atoms with Crippen molar-refractivity contribution in [3.63, 3.8) is 0 Å². The molecule has 0 aliphatic heterocycles. The fourth-order valence-electron chi connectivity index (χ4n) is 1.49. The van der Waals surface area contributed by atoms with Crippen LogP contribution in [0.15, 0.2) is 24.3 Å². The van der Waals surface area contributed by atoms with Crippen molar-refractivity contribution in [3.8, 4) is 0 Å². The highest BCUT2D eigenvalue weighted by molar-refractivity contribution is 7.89. The second-order valence-corrected chi connectivity index (χ2v) is 6.10. The first-order valence-corrected chi connectivity index (χ1v) is 8.07. The van der Waals surface area contributed by atoms with Gasteiger partial charge in [-0.25, -0.2) is 13.1 Å². The van der Waals surface area contributed by atoms with Crippen LogP contribution >= 0.6 is 11.6 Å². The maximum atomic E-state index is 11.8. The van der Waals surface area contributed by atoms with E-state index < -0.39 is 10.0 Å². The summed E-state index contributed by atoms with van der Waals surface area (Å²) in [6.07, 6.45) is 0. The van der Waals surface area contributed by atoms with Crippen molar-refractivity contribution < 1.29 is 13.2 Å². The molecule has 0 aromatic heterocycles. The molecule has 106 valence electrons. The minimum absolute atomic E-state index is 0.0687. The summed E-state index contributed by atoms with van der Waals surface area (Å²) >= 11 is 5.68. The summed E-state index contributed by atoms with van der Waals surface area (Å²) in [5.41, 5.74) is 1.31. The lowest BCUT2D eigenvalue weighted by Gasteiger charge is -2.07. The number of hydrogen-bond acceptors (Lipinski definition) is 3. The van der Waals surface area contributed by atoms with E-state index >= 15 is 0 Å². The smallest absolute Gasteiger partial charge is 0.251 e. The number of halogens is 1. The molecular formula is C12H17ClN2O3S. The van der Waals surface area contributed by atoms with Crippen LogP contribution in [-0.2, 0) is 15.9 Å². The summed E-state index contributed by atoms with van der Waals surface area (Å²) in [5.74, 6) is -0.115. The summed E-state index contributed by atoms with van der Waals surface area (Å²) in [5, 5.41) is 2.56. The predicted molar refractivity (Wildman–Crippen MR) is 75.8 cm³/mol. The molecule has 0 aliphatic rings. The molecule has 0 spiro atoms. The van der Waals surface area contributed by atoms with Gasteiger partial charge in [0.25, 0.3) is 5.91 Å². The summed E-state index contributed by atoms with van der Waals surface area (Å²) in [6.45, 7) is 2.11.